The number of rotatable bonds is 7. The Labute approximate surface area is 190 Å². The molecule has 0 spiro atoms. The molecule has 1 saturated heterocycles. The summed E-state index contributed by atoms with van der Waals surface area (Å²) in [5, 5.41) is 9.05. The summed E-state index contributed by atoms with van der Waals surface area (Å²) >= 11 is 0. The van der Waals surface area contributed by atoms with E-state index < -0.39 is 17.7 Å². The third-order valence-electron chi connectivity index (χ3n) is 6.36. The number of methoxy groups -OCH3 is 1. The Bertz CT molecular complexity index is 1090. The van der Waals surface area contributed by atoms with Crippen LogP contribution in [0.1, 0.15) is 35.6 Å². The lowest BCUT2D eigenvalue weighted by atomic mass is 9.85. The average Bonchev–Trinajstić information content (AvgIpc) is 2.74. The number of fused-ring (bicyclic) bond motifs is 1. The quantitative estimate of drug-likeness (QED) is 0.627. The molecule has 2 aliphatic rings. The number of benzene rings is 2. The van der Waals surface area contributed by atoms with Crippen molar-refractivity contribution < 1.29 is 32.5 Å². The molecule has 8 heteroatoms. The lowest BCUT2D eigenvalue weighted by molar-refractivity contribution is -0.147. The predicted molar refractivity (Wildman–Crippen MR) is 117 cm³/mol. The third kappa shape index (κ3) is 5.16. The van der Waals surface area contributed by atoms with Gasteiger partial charge in [0.25, 0.3) is 0 Å². The van der Waals surface area contributed by atoms with E-state index in [9.17, 15) is 18.0 Å². The Morgan fingerprint density at radius 1 is 1.12 bits per heavy atom. The molecule has 0 aromatic heterocycles. The van der Waals surface area contributed by atoms with Gasteiger partial charge in [-0.1, -0.05) is 11.6 Å². The van der Waals surface area contributed by atoms with Gasteiger partial charge in [0.05, 0.1) is 18.6 Å². The number of hydrogen-bond acceptors (Lipinski definition) is 4. The summed E-state index contributed by atoms with van der Waals surface area (Å²) in [4.78, 5) is 13.2. The minimum absolute atomic E-state index is 0.00115. The second-order valence-corrected chi connectivity index (χ2v) is 8.63. The number of nitrogens with zero attached hydrogens (tertiary/aromatic N) is 1. The highest BCUT2D eigenvalue weighted by Crippen LogP contribution is 2.36. The number of alkyl halides is 3. The topological polar surface area (TPSA) is 59.0 Å². The number of carboxylic acid groups (broad SMARTS) is 1. The van der Waals surface area contributed by atoms with Crippen molar-refractivity contribution in [1.29, 1.82) is 0 Å². The highest BCUT2D eigenvalue weighted by atomic mass is 19.4. The van der Waals surface area contributed by atoms with Gasteiger partial charge in [0.15, 0.2) is 0 Å². The summed E-state index contributed by atoms with van der Waals surface area (Å²) in [6, 6.07) is 9.35. The number of carboxylic acids is 1. The molecule has 0 amide bonds. The molecule has 1 heterocycles. The van der Waals surface area contributed by atoms with Gasteiger partial charge >= 0.3 is 12.1 Å². The van der Waals surface area contributed by atoms with Crippen LogP contribution in [0.4, 0.5) is 13.2 Å². The SMILES string of the molecule is COc1cc(COc2ccc3c(c2)CCC(CN2CC(C(=O)O)C2)=C3C)cc(C(F)(F)F)c1. The van der Waals surface area contributed by atoms with Crippen molar-refractivity contribution >= 4 is 11.5 Å². The fourth-order valence-electron chi connectivity index (χ4n) is 4.41. The van der Waals surface area contributed by atoms with Gasteiger partial charge in [-0.2, -0.15) is 13.2 Å². The fourth-order valence-corrected chi connectivity index (χ4v) is 4.41. The second-order valence-electron chi connectivity index (χ2n) is 8.63. The van der Waals surface area contributed by atoms with E-state index in [1.807, 2.05) is 18.2 Å². The highest BCUT2D eigenvalue weighted by Gasteiger charge is 2.33. The first kappa shape index (κ1) is 23.2. The van der Waals surface area contributed by atoms with Crippen molar-refractivity contribution in [2.75, 3.05) is 26.7 Å². The molecule has 0 atom stereocenters. The molecular formula is C25H26F3NO4. The first-order chi connectivity index (χ1) is 15.6. The molecule has 0 radical (unpaired) electrons. The first-order valence-electron chi connectivity index (χ1n) is 10.8. The van der Waals surface area contributed by atoms with Gasteiger partial charge in [-0.15, -0.1) is 0 Å². The van der Waals surface area contributed by atoms with E-state index >= 15 is 0 Å². The van der Waals surface area contributed by atoms with Crippen molar-refractivity contribution in [3.8, 4) is 11.5 Å². The first-order valence-corrected chi connectivity index (χ1v) is 10.8. The van der Waals surface area contributed by atoms with Crippen LogP contribution in [0.3, 0.4) is 0 Å². The minimum atomic E-state index is -4.46. The second kappa shape index (κ2) is 9.09. The van der Waals surface area contributed by atoms with Crippen molar-refractivity contribution in [2.45, 2.75) is 32.5 Å². The Hall–Kier alpha value is -3.00. The lowest BCUT2D eigenvalue weighted by Crippen LogP contribution is -2.50. The summed E-state index contributed by atoms with van der Waals surface area (Å²) in [6.07, 6.45) is -2.73. The molecule has 2 aromatic rings. The Morgan fingerprint density at radius 3 is 2.55 bits per heavy atom. The van der Waals surface area contributed by atoms with Gasteiger partial charge in [-0.05, 0) is 72.4 Å². The molecule has 0 saturated carbocycles. The molecule has 5 nitrogen and oxygen atoms in total. The number of aliphatic carboxylic acids is 1. The Balaban J connectivity index is 1.44. The van der Waals surface area contributed by atoms with Gasteiger partial charge in [-0.3, -0.25) is 9.69 Å². The summed E-state index contributed by atoms with van der Waals surface area (Å²) in [6.45, 7) is 4.04. The lowest BCUT2D eigenvalue weighted by Gasteiger charge is -2.38. The largest absolute Gasteiger partial charge is 0.497 e. The summed E-state index contributed by atoms with van der Waals surface area (Å²) in [5.74, 6) is -0.257. The summed E-state index contributed by atoms with van der Waals surface area (Å²) in [5.41, 5.74) is 4.41. The molecule has 4 rings (SSSR count). The van der Waals surface area contributed by atoms with E-state index in [4.69, 9.17) is 14.6 Å². The zero-order chi connectivity index (χ0) is 23.8. The minimum Gasteiger partial charge on any atom is -0.497 e. The van der Waals surface area contributed by atoms with Gasteiger partial charge in [-0.25, -0.2) is 0 Å². The zero-order valence-corrected chi connectivity index (χ0v) is 18.5. The summed E-state index contributed by atoms with van der Waals surface area (Å²) < 4.78 is 50.2. The van der Waals surface area contributed by atoms with Gasteiger partial charge in [0, 0.05) is 19.6 Å². The molecule has 0 bridgehead atoms. The number of ether oxygens (including phenoxy) is 2. The monoisotopic (exact) mass is 461 g/mol. The fraction of sp³-hybridized carbons (Fsp3) is 0.400. The molecule has 2 aromatic carbocycles. The molecule has 1 aliphatic heterocycles. The van der Waals surface area contributed by atoms with Crippen molar-refractivity contribution in [2.24, 2.45) is 5.92 Å². The molecule has 1 N–H and O–H groups in total. The van der Waals surface area contributed by atoms with Crippen LogP contribution in [0.5, 0.6) is 11.5 Å². The average molecular weight is 461 g/mol. The predicted octanol–water partition coefficient (Wildman–Crippen LogP) is 5.03. The number of carbonyl (C=O) groups is 1. The number of aryl methyl sites for hydroxylation is 1. The number of allylic oxidation sites excluding steroid dienone is 1. The van der Waals surface area contributed by atoms with Gasteiger partial charge in [0.1, 0.15) is 18.1 Å². The van der Waals surface area contributed by atoms with Gasteiger partial charge < -0.3 is 14.6 Å². The van der Waals surface area contributed by atoms with Crippen LogP contribution in [0.15, 0.2) is 42.0 Å². The van der Waals surface area contributed by atoms with E-state index in [0.717, 1.165) is 42.6 Å². The van der Waals surface area contributed by atoms with Crippen molar-refractivity contribution in [3.05, 3.63) is 64.2 Å². The van der Waals surface area contributed by atoms with Crippen LogP contribution in [-0.2, 0) is 24.0 Å². The molecule has 33 heavy (non-hydrogen) atoms. The number of likely N-dealkylation sites (tertiary alicyclic amines) is 1. The van der Waals surface area contributed by atoms with E-state index in [0.29, 0.717) is 24.4 Å². The smallest absolute Gasteiger partial charge is 0.416 e. The molecule has 1 fully saturated rings. The number of halogens is 3. The Morgan fingerprint density at radius 2 is 1.88 bits per heavy atom. The van der Waals surface area contributed by atoms with Crippen molar-refractivity contribution in [3.63, 3.8) is 0 Å². The maximum Gasteiger partial charge on any atom is 0.416 e. The summed E-state index contributed by atoms with van der Waals surface area (Å²) in [7, 11) is 1.33. The van der Waals surface area contributed by atoms with E-state index in [1.165, 1.54) is 24.3 Å². The number of hydrogen-bond donors (Lipinski definition) is 1. The van der Waals surface area contributed by atoms with Crippen LogP contribution in [0.25, 0.3) is 5.57 Å². The van der Waals surface area contributed by atoms with E-state index in [1.54, 1.807) is 0 Å². The maximum atomic E-state index is 13.1. The van der Waals surface area contributed by atoms with Crippen LogP contribution in [-0.4, -0.2) is 42.7 Å². The van der Waals surface area contributed by atoms with Crippen LogP contribution in [0, 0.1) is 5.92 Å². The Kier molecular flexibility index (Phi) is 6.38. The highest BCUT2D eigenvalue weighted by molar-refractivity contribution is 5.73. The standard InChI is InChI=1S/C25H26F3NO4/c1-15-18(11-29-12-19(13-29)24(30)31)4-3-17-9-21(5-6-23(15)17)33-14-16-7-20(25(26,27)28)10-22(8-16)32-2/h5-10,19H,3-4,11-14H2,1-2H3,(H,30,31). The zero-order valence-electron chi connectivity index (χ0n) is 18.5. The molecule has 0 unspecified atom stereocenters. The molecule has 1 aliphatic carbocycles. The van der Waals surface area contributed by atoms with Gasteiger partial charge in [0.2, 0.25) is 0 Å². The van der Waals surface area contributed by atoms with Crippen molar-refractivity contribution in [1.82, 2.24) is 4.90 Å². The van der Waals surface area contributed by atoms with Crippen LogP contribution in [0.2, 0.25) is 0 Å². The molecule has 176 valence electrons. The third-order valence-corrected chi connectivity index (χ3v) is 6.36. The van der Waals surface area contributed by atoms with E-state index in [-0.39, 0.29) is 18.3 Å². The molecular weight excluding hydrogens is 435 g/mol. The maximum absolute atomic E-state index is 13.1. The van der Waals surface area contributed by atoms with Crippen LogP contribution < -0.4 is 9.47 Å². The van der Waals surface area contributed by atoms with Crippen LogP contribution >= 0.6 is 0 Å². The normalized spacial score (nSPS) is 16.9. The van der Waals surface area contributed by atoms with E-state index in [2.05, 4.69) is 11.8 Å².